The van der Waals surface area contributed by atoms with Crippen LogP contribution in [0, 0.1) is 0 Å². The van der Waals surface area contributed by atoms with Gasteiger partial charge in [-0.1, -0.05) is 11.6 Å². The molecule has 2 aromatic rings. The van der Waals surface area contributed by atoms with Crippen molar-refractivity contribution < 1.29 is 31.5 Å². The molecule has 1 saturated carbocycles. The van der Waals surface area contributed by atoms with Crippen molar-refractivity contribution in [2.75, 3.05) is 11.6 Å². The number of pyridine rings is 1. The highest BCUT2D eigenvalue weighted by molar-refractivity contribution is 7.98. The summed E-state index contributed by atoms with van der Waals surface area (Å²) in [4.78, 5) is 16.9. The molecule has 1 N–H and O–H groups in total. The maximum atomic E-state index is 13.4. The van der Waals surface area contributed by atoms with Crippen LogP contribution in [0.1, 0.15) is 41.6 Å². The average molecular weight is 481 g/mol. The van der Waals surface area contributed by atoms with Crippen LogP contribution in [-0.4, -0.2) is 29.2 Å². The van der Waals surface area contributed by atoms with E-state index in [1.54, 1.807) is 12.3 Å². The molecule has 31 heavy (non-hydrogen) atoms. The Morgan fingerprint density at radius 2 is 1.94 bits per heavy atom. The van der Waals surface area contributed by atoms with Crippen molar-refractivity contribution in [1.82, 2.24) is 4.98 Å². The molecule has 0 aliphatic heterocycles. The maximum absolute atomic E-state index is 13.4. The molecule has 0 bridgehead atoms. The van der Waals surface area contributed by atoms with E-state index in [2.05, 4.69) is 10.3 Å². The number of aromatic nitrogens is 1. The standard InChI is InChI=1S/C20H18ClF5N2O2S/c1-31-17-8-11(4-7-27-17)28-18(29)13-9-15(21)14(20(24,25)26)10-16(13)30-12-2-5-19(22,23)6-3-12/h4,7-10,12H,2-3,5-6H2,1H3,(H,27,28,29). The van der Waals surface area contributed by atoms with Gasteiger partial charge < -0.3 is 10.1 Å². The van der Waals surface area contributed by atoms with Crippen LogP contribution in [0.15, 0.2) is 35.5 Å². The van der Waals surface area contributed by atoms with Gasteiger partial charge in [-0.15, -0.1) is 11.8 Å². The zero-order valence-electron chi connectivity index (χ0n) is 16.2. The number of ether oxygens (including phenoxy) is 1. The Balaban J connectivity index is 1.92. The van der Waals surface area contributed by atoms with Gasteiger partial charge in [-0.05, 0) is 43.4 Å². The SMILES string of the molecule is CSc1cc(NC(=O)c2cc(Cl)c(C(F)(F)F)cc2OC2CCC(F)(F)CC2)ccn1. The summed E-state index contributed by atoms with van der Waals surface area (Å²) in [5, 5.41) is 2.54. The van der Waals surface area contributed by atoms with Crippen LogP contribution in [0.3, 0.4) is 0 Å². The Labute approximate surface area is 184 Å². The first kappa shape index (κ1) is 23.6. The van der Waals surface area contributed by atoms with Crippen molar-refractivity contribution in [2.45, 2.75) is 48.9 Å². The normalized spacial score (nSPS) is 16.7. The number of carbonyl (C=O) groups is 1. The van der Waals surface area contributed by atoms with E-state index in [9.17, 15) is 26.7 Å². The predicted molar refractivity (Wildman–Crippen MR) is 108 cm³/mol. The highest BCUT2D eigenvalue weighted by Gasteiger charge is 2.38. The van der Waals surface area contributed by atoms with Gasteiger partial charge in [0.25, 0.3) is 5.91 Å². The van der Waals surface area contributed by atoms with Gasteiger partial charge in [0, 0.05) is 24.7 Å². The van der Waals surface area contributed by atoms with Gasteiger partial charge in [0.2, 0.25) is 5.92 Å². The average Bonchev–Trinajstić information content (AvgIpc) is 2.69. The molecule has 0 saturated heterocycles. The lowest BCUT2D eigenvalue weighted by Gasteiger charge is -2.29. The van der Waals surface area contributed by atoms with E-state index in [0.717, 1.165) is 6.07 Å². The van der Waals surface area contributed by atoms with Gasteiger partial charge >= 0.3 is 6.18 Å². The molecule has 0 radical (unpaired) electrons. The smallest absolute Gasteiger partial charge is 0.417 e. The van der Waals surface area contributed by atoms with Crippen molar-refractivity contribution in [3.8, 4) is 5.75 Å². The van der Waals surface area contributed by atoms with Gasteiger partial charge in [0.15, 0.2) is 0 Å². The van der Waals surface area contributed by atoms with Crippen molar-refractivity contribution in [3.05, 3.63) is 46.6 Å². The number of carbonyl (C=O) groups excluding carboxylic acids is 1. The highest BCUT2D eigenvalue weighted by atomic mass is 35.5. The minimum Gasteiger partial charge on any atom is -0.490 e. The Hall–Kier alpha value is -2.07. The largest absolute Gasteiger partial charge is 0.490 e. The lowest BCUT2D eigenvalue weighted by atomic mass is 9.94. The van der Waals surface area contributed by atoms with Crippen LogP contribution in [0.5, 0.6) is 5.75 Å². The number of anilines is 1. The van der Waals surface area contributed by atoms with Gasteiger partial charge in [-0.2, -0.15) is 13.2 Å². The van der Waals surface area contributed by atoms with E-state index in [4.69, 9.17) is 16.3 Å². The zero-order valence-corrected chi connectivity index (χ0v) is 17.8. The molecule has 1 heterocycles. The Morgan fingerprint density at radius 1 is 1.26 bits per heavy atom. The summed E-state index contributed by atoms with van der Waals surface area (Å²) in [6.07, 6.45) is -3.20. The van der Waals surface area contributed by atoms with Crippen LogP contribution in [0.2, 0.25) is 5.02 Å². The van der Waals surface area contributed by atoms with Crippen molar-refractivity contribution in [3.63, 3.8) is 0 Å². The fraction of sp³-hybridized carbons (Fsp3) is 0.400. The van der Waals surface area contributed by atoms with Crippen LogP contribution < -0.4 is 10.1 Å². The van der Waals surface area contributed by atoms with Crippen LogP contribution in [-0.2, 0) is 6.18 Å². The molecule has 0 spiro atoms. The molecule has 11 heteroatoms. The predicted octanol–water partition coefficient (Wildman–Crippen LogP) is 6.68. The van der Waals surface area contributed by atoms with E-state index in [1.165, 1.54) is 24.0 Å². The molecule has 168 valence electrons. The molecule has 4 nitrogen and oxygen atoms in total. The monoisotopic (exact) mass is 480 g/mol. The van der Waals surface area contributed by atoms with Crippen molar-refractivity contribution >= 4 is 35.0 Å². The number of amides is 1. The van der Waals surface area contributed by atoms with E-state index in [-0.39, 0.29) is 24.2 Å². The van der Waals surface area contributed by atoms with Crippen LogP contribution in [0.25, 0.3) is 0 Å². The number of rotatable bonds is 5. The molecule has 1 aromatic heterocycles. The summed E-state index contributed by atoms with van der Waals surface area (Å²) in [5.41, 5.74) is -1.02. The molecule has 1 aromatic carbocycles. The third-order valence-electron chi connectivity index (χ3n) is 4.78. The number of halogens is 6. The number of alkyl halides is 5. The number of hydrogen-bond acceptors (Lipinski definition) is 4. The zero-order chi connectivity index (χ0) is 22.8. The highest BCUT2D eigenvalue weighted by Crippen LogP contribution is 2.41. The molecule has 0 atom stereocenters. The third kappa shape index (κ3) is 6.00. The van der Waals surface area contributed by atoms with Gasteiger partial charge in [0.05, 0.1) is 27.3 Å². The Kier molecular flexibility index (Phi) is 7.00. The minimum atomic E-state index is -4.78. The fourth-order valence-electron chi connectivity index (χ4n) is 3.15. The molecule has 3 rings (SSSR count). The van der Waals surface area contributed by atoms with E-state index < -0.39 is 47.5 Å². The lowest BCUT2D eigenvalue weighted by Crippen LogP contribution is -2.31. The van der Waals surface area contributed by atoms with Gasteiger partial charge in [0.1, 0.15) is 5.75 Å². The number of benzene rings is 1. The second-order valence-electron chi connectivity index (χ2n) is 7.04. The summed E-state index contributed by atoms with van der Waals surface area (Å²) >= 11 is 7.14. The summed E-state index contributed by atoms with van der Waals surface area (Å²) < 4.78 is 72.4. The molecule has 1 amide bonds. The van der Waals surface area contributed by atoms with E-state index >= 15 is 0 Å². The number of hydrogen-bond donors (Lipinski definition) is 1. The topological polar surface area (TPSA) is 51.2 Å². The van der Waals surface area contributed by atoms with E-state index in [1.807, 2.05) is 0 Å². The first-order valence-electron chi connectivity index (χ1n) is 9.25. The second kappa shape index (κ2) is 9.20. The molecule has 1 aliphatic carbocycles. The minimum absolute atomic E-state index is 0.0422. The third-order valence-corrected chi connectivity index (χ3v) is 5.73. The molecular weight excluding hydrogens is 463 g/mol. The van der Waals surface area contributed by atoms with E-state index in [0.29, 0.717) is 16.8 Å². The number of nitrogens with zero attached hydrogens (tertiary/aromatic N) is 1. The first-order chi connectivity index (χ1) is 14.5. The second-order valence-corrected chi connectivity index (χ2v) is 8.27. The summed E-state index contributed by atoms with van der Waals surface area (Å²) in [7, 11) is 0. The number of nitrogens with one attached hydrogen (secondary N) is 1. The summed E-state index contributed by atoms with van der Waals surface area (Å²) in [6, 6.07) is 4.64. The van der Waals surface area contributed by atoms with Crippen LogP contribution in [0.4, 0.5) is 27.6 Å². The fourth-order valence-corrected chi connectivity index (χ4v) is 3.84. The lowest BCUT2D eigenvalue weighted by molar-refractivity contribution is -0.137. The molecule has 1 aliphatic rings. The Bertz CT molecular complexity index is 961. The summed E-state index contributed by atoms with van der Waals surface area (Å²) in [6.45, 7) is 0. The first-order valence-corrected chi connectivity index (χ1v) is 10.9. The summed E-state index contributed by atoms with van der Waals surface area (Å²) in [5.74, 6) is -3.93. The number of thioether (sulfide) groups is 1. The van der Waals surface area contributed by atoms with Gasteiger partial charge in [-0.25, -0.2) is 13.8 Å². The van der Waals surface area contributed by atoms with Gasteiger partial charge in [-0.3, -0.25) is 4.79 Å². The molecule has 1 fully saturated rings. The maximum Gasteiger partial charge on any atom is 0.417 e. The van der Waals surface area contributed by atoms with Crippen molar-refractivity contribution in [2.24, 2.45) is 0 Å². The molecule has 0 unspecified atom stereocenters. The Morgan fingerprint density at radius 3 is 2.55 bits per heavy atom. The van der Waals surface area contributed by atoms with Crippen LogP contribution >= 0.6 is 23.4 Å². The molecular formula is C20H18ClF5N2O2S. The quantitative estimate of drug-likeness (QED) is 0.383. The van der Waals surface area contributed by atoms with Crippen molar-refractivity contribution in [1.29, 1.82) is 0 Å².